The summed E-state index contributed by atoms with van der Waals surface area (Å²) in [5, 5.41) is 16.7. The highest BCUT2D eigenvalue weighted by molar-refractivity contribution is 6.30. The first-order valence-corrected chi connectivity index (χ1v) is 9.36. The molecular weight excluding hydrogens is 364 g/mol. The number of nitrogens with one attached hydrogen (secondary N) is 1. The van der Waals surface area contributed by atoms with Crippen molar-refractivity contribution in [1.82, 2.24) is 30.5 Å². The van der Waals surface area contributed by atoms with Crippen molar-refractivity contribution >= 4 is 17.5 Å². The summed E-state index contributed by atoms with van der Waals surface area (Å²) in [6, 6.07) is 12.5. The Kier molecular flexibility index (Phi) is 5.11. The third-order valence-electron chi connectivity index (χ3n) is 4.77. The fourth-order valence-electron chi connectivity index (χ4n) is 3.38. The van der Waals surface area contributed by atoms with E-state index in [9.17, 15) is 4.79 Å². The van der Waals surface area contributed by atoms with Gasteiger partial charge < -0.3 is 5.32 Å². The van der Waals surface area contributed by atoms with Crippen LogP contribution in [-0.2, 0) is 0 Å². The van der Waals surface area contributed by atoms with Crippen molar-refractivity contribution in [1.29, 1.82) is 0 Å². The fraction of sp³-hybridized carbons (Fsp3) is 0.316. The molecule has 1 aliphatic carbocycles. The van der Waals surface area contributed by atoms with Crippen molar-refractivity contribution in [3.63, 3.8) is 0 Å². The molecule has 0 bridgehead atoms. The smallest absolute Gasteiger partial charge is 0.270 e. The lowest BCUT2D eigenvalue weighted by Crippen LogP contribution is -2.44. The van der Waals surface area contributed by atoms with E-state index in [0.717, 1.165) is 31.2 Å². The topological polar surface area (TPSA) is 85.6 Å². The Labute approximate surface area is 161 Å². The minimum Gasteiger partial charge on any atom is -0.346 e. The molecule has 138 valence electrons. The van der Waals surface area contributed by atoms with E-state index in [-0.39, 0.29) is 18.0 Å². The van der Waals surface area contributed by atoms with Gasteiger partial charge in [-0.1, -0.05) is 30.5 Å². The molecule has 1 aliphatic rings. The van der Waals surface area contributed by atoms with E-state index in [1.165, 1.54) is 0 Å². The lowest BCUT2D eigenvalue weighted by Gasteiger charge is -2.30. The van der Waals surface area contributed by atoms with Gasteiger partial charge in [0.1, 0.15) is 5.69 Å². The first-order valence-electron chi connectivity index (χ1n) is 8.98. The Bertz CT molecular complexity index is 911. The third-order valence-corrected chi connectivity index (χ3v) is 5.02. The summed E-state index contributed by atoms with van der Waals surface area (Å²) >= 11 is 5.94. The van der Waals surface area contributed by atoms with Gasteiger partial charge in [0.2, 0.25) is 5.82 Å². The molecule has 8 heteroatoms. The van der Waals surface area contributed by atoms with Gasteiger partial charge in [-0.05, 0) is 54.5 Å². The van der Waals surface area contributed by atoms with E-state index in [4.69, 9.17) is 11.6 Å². The van der Waals surface area contributed by atoms with E-state index < -0.39 is 0 Å². The molecule has 1 amide bonds. The van der Waals surface area contributed by atoms with Gasteiger partial charge in [-0.2, -0.15) is 4.80 Å². The van der Waals surface area contributed by atoms with Crippen molar-refractivity contribution < 1.29 is 4.79 Å². The monoisotopic (exact) mass is 382 g/mol. The highest BCUT2D eigenvalue weighted by Gasteiger charge is 2.30. The van der Waals surface area contributed by atoms with E-state index in [1.54, 1.807) is 41.3 Å². The zero-order chi connectivity index (χ0) is 18.6. The van der Waals surface area contributed by atoms with Gasteiger partial charge >= 0.3 is 0 Å². The predicted molar refractivity (Wildman–Crippen MR) is 101 cm³/mol. The Morgan fingerprint density at radius 2 is 1.93 bits per heavy atom. The molecule has 2 heterocycles. The third kappa shape index (κ3) is 3.98. The lowest BCUT2D eigenvalue weighted by atomic mass is 9.90. The maximum atomic E-state index is 12.5. The molecule has 3 aromatic rings. The number of aromatic nitrogens is 5. The van der Waals surface area contributed by atoms with Crippen LogP contribution in [-0.4, -0.2) is 37.1 Å². The summed E-state index contributed by atoms with van der Waals surface area (Å²) in [4.78, 5) is 18.2. The second kappa shape index (κ2) is 7.84. The number of hydrogen-bond acceptors (Lipinski definition) is 5. The number of nitrogens with zero attached hydrogens (tertiary/aromatic N) is 5. The van der Waals surface area contributed by atoms with Crippen molar-refractivity contribution in [3.8, 4) is 11.4 Å². The number of amides is 1. The number of tetrazole rings is 1. The maximum absolute atomic E-state index is 12.5. The van der Waals surface area contributed by atoms with Crippen LogP contribution >= 0.6 is 11.6 Å². The summed E-state index contributed by atoms with van der Waals surface area (Å²) in [5.74, 6) is 0.373. The molecule has 1 aromatic carbocycles. The van der Waals surface area contributed by atoms with Crippen LogP contribution in [0.5, 0.6) is 0 Å². The van der Waals surface area contributed by atoms with Gasteiger partial charge in [-0.25, -0.2) is 0 Å². The van der Waals surface area contributed by atoms with Crippen LogP contribution in [0.25, 0.3) is 11.4 Å². The van der Waals surface area contributed by atoms with Gasteiger partial charge in [0.15, 0.2) is 0 Å². The van der Waals surface area contributed by atoms with Gasteiger partial charge in [0, 0.05) is 16.8 Å². The van der Waals surface area contributed by atoms with Crippen LogP contribution in [0, 0.1) is 0 Å². The fourth-order valence-corrected chi connectivity index (χ4v) is 3.50. The molecule has 0 spiro atoms. The predicted octanol–water partition coefficient (Wildman–Crippen LogP) is 3.30. The van der Waals surface area contributed by atoms with Crippen LogP contribution in [0.4, 0.5) is 0 Å². The van der Waals surface area contributed by atoms with Gasteiger partial charge in [0.05, 0.1) is 12.1 Å². The maximum Gasteiger partial charge on any atom is 0.270 e. The minimum absolute atomic E-state index is 0.0278. The van der Waals surface area contributed by atoms with Crippen molar-refractivity contribution in [2.75, 3.05) is 0 Å². The molecule has 7 nitrogen and oxygen atoms in total. The van der Waals surface area contributed by atoms with Crippen molar-refractivity contribution in [2.45, 2.75) is 37.8 Å². The molecule has 0 unspecified atom stereocenters. The van der Waals surface area contributed by atoms with E-state index in [0.29, 0.717) is 16.5 Å². The van der Waals surface area contributed by atoms with Crippen LogP contribution in [0.3, 0.4) is 0 Å². The highest BCUT2D eigenvalue weighted by Crippen LogP contribution is 2.28. The summed E-state index contributed by atoms with van der Waals surface area (Å²) < 4.78 is 0. The van der Waals surface area contributed by atoms with Crippen LogP contribution in [0.2, 0.25) is 5.02 Å². The largest absolute Gasteiger partial charge is 0.346 e. The Balaban J connectivity index is 1.52. The average molecular weight is 383 g/mol. The van der Waals surface area contributed by atoms with Crippen LogP contribution in [0.15, 0.2) is 48.7 Å². The molecule has 2 aromatic heterocycles. The molecule has 27 heavy (non-hydrogen) atoms. The Morgan fingerprint density at radius 3 is 2.70 bits per heavy atom. The first kappa shape index (κ1) is 17.6. The number of benzene rings is 1. The average Bonchev–Trinajstić information content (AvgIpc) is 3.19. The highest BCUT2D eigenvalue weighted by atomic mass is 35.5. The second-order valence-corrected chi connectivity index (χ2v) is 7.02. The van der Waals surface area contributed by atoms with Crippen molar-refractivity contribution in [3.05, 3.63) is 59.4 Å². The first-order chi connectivity index (χ1) is 13.2. The standard InChI is InChI=1S/C19H19ClN6O/c20-14-10-8-13(9-11-14)18-23-25-26(24-18)17-7-2-1-5-15(17)22-19(27)16-6-3-4-12-21-16/h3-4,6,8-12,15,17H,1-2,5,7H2,(H,22,27)/t15-,17-/m0/s1. The zero-order valence-corrected chi connectivity index (χ0v) is 15.4. The van der Waals surface area contributed by atoms with Gasteiger partial charge in [-0.3, -0.25) is 9.78 Å². The molecule has 2 atom stereocenters. The molecule has 0 saturated heterocycles. The second-order valence-electron chi connectivity index (χ2n) is 6.59. The molecule has 1 N–H and O–H groups in total. The van der Waals surface area contributed by atoms with E-state index in [1.807, 2.05) is 12.1 Å². The van der Waals surface area contributed by atoms with Gasteiger partial charge in [0.25, 0.3) is 5.91 Å². The molecular formula is C19H19ClN6O. The number of halogens is 1. The normalized spacial score (nSPS) is 19.6. The quantitative estimate of drug-likeness (QED) is 0.748. The van der Waals surface area contributed by atoms with Gasteiger partial charge in [-0.15, -0.1) is 10.2 Å². The zero-order valence-electron chi connectivity index (χ0n) is 14.6. The summed E-state index contributed by atoms with van der Waals surface area (Å²) in [6.45, 7) is 0. The van der Waals surface area contributed by atoms with E-state index >= 15 is 0 Å². The number of carbonyl (C=O) groups is 1. The summed E-state index contributed by atoms with van der Waals surface area (Å²) in [7, 11) is 0. The Morgan fingerprint density at radius 1 is 1.11 bits per heavy atom. The number of pyridine rings is 1. The molecule has 0 radical (unpaired) electrons. The molecule has 4 rings (SSSR count). The molecule has 1 fully saturated rings. The Hall–Kier alpha value is -2.80. The molecule has 1 saturated carbocycles. The van der Waals surface area contributed by atoms with E-state index in [2.05, 4.69) is 25.7 Å². The molecule has 0 aliphatic heterocycles. The number of rotatable bonds is 4. The van der Waals surface area contributed by atoms with Crippen LogP contribution < -0.4 is 5.32 Å². The number of hydrogen-bond donors (Lipinski definition) is 1. The number of carbonyl (C=O) groups excluding carboxylic acids is 1. The summed E-state index contributed by atoms with van der Waals surface area (Å²) in [5.41, 5.74) is 1.27. The lowest BCUT2D eigenvalue weighted by molar-refractivity contribution is 0.0895. The SMILES string of the molecule is O=C(N[C@H]1CCCC[C@@H]1n1nnc(-c2ccc(Cl)cc2)n1)c1ccccn1. The van der Waals surface area contributed by atoms with Crippen LogP contribution in [0.1, 0.15) is 42.2 Å². The summed E-state index contributed by atoms with van der Waals surface area (Å²) in [6.07, 6.45) is 5.51. The minimum atomic E-state index is -0.175. The van der Waals surface area contributed by atoms with Crippen molar-refractivity contribution in [2.24, 2.45) is 0 Å².